The van der Waals surface area contributed by atoms with Crippen molar-refractivity contribution in [3.63, 3.8) is 0 Å². The van der Waals surface area contributed by atoms with Crippen molar-refractivity contribution < 1.29 is 13.2 Å². The number of hydrogen-bond acceptors (Lipinski definition) is 5. The number of benzene rings is 1. The third-order valence-corrected chi connectivity index (χ3v) is 8.08. The molecule has 6 nitrogen and oxygen atoms in total. The zero-order chi connectivity index (χ0) is 18.0. The van der Waals surface area contributed by atoms with Crippen LogP contribution in [-0.2, 0) is 16.6 Å². The number of sulfonamides is 1. The number of primary amides is 1. The Bertz CT molecular complexity index is 874. The third kappa shape index (κ3) is 4.29. The van der Waals surface area contributed by atoms with Gasteiger partial charge in [-0.05, 0) is 45.8 Å². The first-order chi connectivity index (χ1) is 11.9. The van der Waals surface area contributed by atoms with Crippen LogP contribution in [0.3, 0.4) is 0 Å². The topological polar surface area (TPSA) is 83.7 Å². The van der Waals surface area contributed by atoms with Gasteiger partial charge in [0.1, 0.15) is 4.21 Å². The summed E-state index contributed by atoms with van der Waals surface area (Å²) in [6.45, 7) is 2.86. The Kier molecular flexibility index (Phi) is 5.59. The van der Waals surface area contributed by atoms with Crippen molar-refractivity contribution in [2.45, 2.75) is 10.8 Å². The van der Waals surface area contributed by atoms with Gasteiger partial charge in [-0.3, -0.25) is 9.69 Å². The number of rotatable bonds is 5. The van der Waals surface area contributed by atoms with Gasteiger partial charge < -0.3 is 5.73 Å². The summed E-state index contributed by atoms with van der Waals surface area (Å²) in [4.78, 5) is 13.4. The summed E-state index contributed by atoms with van der Waals surface area (Å²) in [6.07, 6.45) is 0. The van der Waals surface area contributed by atoms with Crippen molar-refractivity contribution in [3.8, 4) is 0 Å². The van der Waals surface area contributed by atoms with Crippen LogP contribution in [0.15, 0.2) is 44.4 Å². The van der Waals surface area contributed by atoms with Crippen LogP contribution < -0.4 is 5.73 Å². The minimum Gasteiger partial charge on any atom is -0.366 e. The maximum atomic E-state index is 12.6. The van der Waals surface area contributed by atoms with Gasteiger partial charge in [0, 0.05) is 38.3 Å². The Hall–Kier alpha value is -1.26. The van der Waals surface area contributed by atoms with Crippen LogP contribution in [-0.4, -0.2) is 49.7 Å². The molecule has 134 valence electrons. The lowest BCUT2D eigenvalue weighted by atomic mass is 10.1. The molecule has 1 aliphatic rings. The van der Waals surface area contributed by atoms with Crippen LogP contribution >= 0.6 is 27.3 Å². The monoisotopic (exact) mass is 443 g/mol. The highest BCUT2D eigenvalue weighted by Gasteiger charge is 2.29. The third-order valence-electron chi connectivity index (χ3n) is 4.09. The summed E-state index contributed by atoms with van der Waals surface area (Å²) < 4.78 is 28.0. The highest BCUT2D eigenvalue weighted by molar-refractivity contribution is 9.11. The first-order valence-electron chi connectivity index (χ1n) is 7.73. The van der Waals surface area contributed by atoms with E-state index in [9.17, 15) is 13.2 Å². The molecule has 3 rings (SSSR count). The lowest BCUT2D eigenvalue weighted by molar-refractivity contribution is 0.1000. The minimum absolute atomic E-state index is 0.363. The predicted molar refractivity (Wildman–Crippen MR) is 101 cm³/mol. The SMILES string of the molecule is NC(=O)c1cccc(CN2CCN(S(=O)(=O)c3ccc(Br)s3)CC2)c1. The maximum Gasteiger partial charge on any atom is 0.252 e. The highest BCUT2D eigenvalue weighted by atomic mass is 79.9. The number of carbonyl (C=O) groups is 1. The van der Waals surface area contributed by atoms with Crippen LogP contribution in [0.5, 0.6) is 0 Å². The molecule has 0 aliphatic carbocycles. The summed E-state index contributed by atoms with van der Waals surface area (Å²) in [5.74, 6) is -0.445. The summed E-state index contributed by atoms with van der Waals surface area (Å²) in [5.41, 5.74) is 6.79. The number of carbonyl (C=O) groups excluding carboxylic acids is 1. The number of nitrogens with zero attached hydrogens (tertiary/aromatic N) is 2. The number of halogens is 1. The van der Waals surface area contributed by atoms with E-state index in [1.807, 2.05) is 12.1 Å². The van der Waals surface area contributed by atoms with Crippen molar-refractivity contribution in [3.05, 3.63) is 51.3 Å². The van der Waals surface area contributed by atoms with Gasteiger partial charge in [-0.1, -0.05) is 12.1 Å². The Morgan fingerprint density at radius 1 is 1.16 bits per heavy atom. The van der Waals surface area contributed by atoms with Crippen molar-refractivity contribution >= 4 is 43.2 Å². The van der Waals surface area contributed by atoms with Crippen LogP contribution in [0.25, 0.3) is 0 Å². The van der Waals surface area contributed by atoms with Gasteiger partial charge in [0.15, 0.2) is 0 Å². The zero-order valence-corrected chi connectivity index (χ0v) is 16.6. The van der Waals surface area contributed by atoms with E-state index in [1.54, 1.807) is 24.3 Å². The van der Waals surface area contributed by atoms with Crippen molar-refractivity contribution in [1.29, 1.82) is 0 Å². The first kappa shape index (κ1) is 18.5. The van der Waals surface area contributed by atoms with Crippen molar-refractivity contribution in [2.75, 3.05) is 26.2 Å². The molecule has 1 saturated heterocycles. The van der Waals surface area contributed by atoms with E-state index in [0.717, 1.165) is 9.35 Å². The molecule has 0 bridgehead atoms. The number of hydrogen-bond donors (Lipinski definition) is 1. The normalized spacial score (nSPS) is 16.8. The molecule has 0 atom stereocenters. The van der Waals surface area contributed by atoms with Crippen LogP contribution in [0, 0.1) is 0 Å². The van der Waals surface area contributed by atoms with E-state index in [1.165, 1.54) is 15.6 Å². The molecular weight excluding hydrogens is 426 g/mol. The second-order valence-corrected chi connectivity index (χ2v) is 10.4. The molecule has 1 aromatic carbocycles. The molecule has 0 saturated carbocycles. The Morgan fingerprint density at radius 3 is 2.48 bits per heavy atom. The van der Waals surface area contributed by atoms with Gasteiger partial charge in [-0.2, -0.15) is 4.31 Å². The second-order valence-electron chi connectivity index (χ2n) is 5.80. The highest BCUT2D eigenvalue weighted by Crippen LogP contribution is 2.29. The fourth-order valence-corrected chi connectivity index (χ4v) is 6.36. The molecule has 0 radical (unpaired) electrons. The molecule has 9 heteroatoms. The van der Waals surface area contributed by atoms with E-state index >= 15 is 0 Å². The van der Waals surface area contributed by atoms with Gasteiger partial charge in [0.05, 0.1) is 3.79 Å². The summed E-state index contributed by atoms with van der Waals surface area (Å²) >= 11 is 4.53. The second kappa shape index (κ2) is 7.55. The molecule has 0 spiro atoms. The van der Waals surface area contributed by atoms with Crippen LogP contribution in [0.1, 0.15) is 15.9 Å². The lowest BCUT2D eigenvalue weighted by Gasteiger charge is -2.33. The number of nitrogens with two attached hydrogens (primary N) is 1. The molecule has 0 unspecified atom stereocenters. The van der Waals surface area contributed by atoms with Gasteiger partial charge in [0.2, 0.25) is 5.91 Å². The van der Waals surface area contributed by atoms with E-state index in [2.05, 4.69) is 20.8 Å². The zero-order valence-electron chi connectivity index (χ0n) is 13.4. The molecule has 2 aromatic rings. The average molecular weight is 444 g/mol. The Morgan fingerprint density at radius 2 is 1.88 bits per heavy atom. The first-order valence-corrected chi connectivity index (χ1v) is 10.8. The lowest BCUT2D eigenvalue weighted by Crippen LogP contribution is -2.48. The Labute approximate surface area is 159 Å². The molecule has 1 aromatic heterocycles. The van der Waals surface area contributed by atoms with E-state index < -0.39 is 15.9 Å². The van der Waals surface area contributed by atoms with Gasteiger partial charge in [-0.15, -0.1) is 11.3 Å². The molecule has 1 fully saturated rings. The number of thiophene rings is 1. The van der Waals surface area contributed by atoms with E-state index in [-0.39, 0.29) is 0 Å². The standard InChI is InChI=1S/C16H18BrN3O3S2/c17-14-4-5-15(24-14)25(22,23)20-8-6-19(7-9-20)11-12-2-1-3-13(10-12)16(18)21/h1-5,10H,6-9,11H2,(H2,18,21). The van der Waals surface area contributed by atoms with Gasteiger partial charge in [0.25, 0.3) is 10.0 Å². The fraction of sp³-hybridized carbons (Fsp3) is 0.312. The van der Waals surface area contributed by atoms with Gasteiger partial charge in [-0.25, -0.2) is 8.42 Å². The maximum absolute atomic E-state index is 12.6. The van der Waals surface area contributed by atoms with E-state index in [4.69, 9.17) is 5.73 Å². The molecule has 25 heavy (non-hydrogen) atoms. The fourth-order valence-electron chi connectivity index (χ4n) is 2.77. The summed E-state index contributed by atoms with van der Waals surface area (Å²) in [5, 5.41) is 0. The molecule has 1 amide bonds. The predicted octanol–water partition coefficient (Wildman–Crippen LogP) is 2.12. The van der Waals surface area contributed by atoms with Crippen molar-refractivity contribution in [1.82, 2.24) is 9.21 Å². The Balaban J connectivity index is 1.62. The minimum atomic E-state index is -3.42. The van der Waals surface area contributed by atoms with Crippen molar-refractivity contribution in [2.24, 2.45) is 5.73 Å². The molecular formula is C16H18BrN3O3S2. The number of piperazine rings is 1. The van der Waals surface area contributed by atoms with Gasteiger partial charge >= 0.3 is 0 Å². The quantitative estimate of drug-likeness (QED) is 0.766. The van der Waals surface area contributed by atoms with E-state index in [0.29, 0.717) is 42.5 Å². The molecule has 2 N–H and O–H groups in total. The average Bonchev–Trinajstić information content (AvgIpc) is 3.03. The summed E-state index contributed by atoms with van der Waals surface area (Å²) in [6, 6.07) is 10.6. The molecule has 1 aliphatic heterocycles. The van der Waals surface area contributed by atoms with Crippen LogP contribution in [0.2, 0.25) is 0 Å². The summed E-state index contributed by atoms with van der Waals surface area (Å²) in [7, 11) is -3.42. The molecule has 2 heterocycles. The van der Waals surface area contributed by atoms with Crippen LogP contribution in [0.4, 0.5) is 0 Å². The largest absolute Gasteiger partial charge is 0.366 e. The number of amides is 1. The smallest absolute Gasteiger partial charge is 0.252 e.